The SMILES string of the molecule is [N-]=[N+]=NC[C@]12CO[C@H](C1)[C@H](O)C2. The smallest absolute Gasteiger partial charge is 0.0840 e. The zero-order chi connectivity index (χ0) is 8.60. The van der Waals surface area contributed by atoms with E-state index in [4.69, 9.17) is 10.3 Å². The average molecular weight is 169 g/mol. The Bertz CT molecular complexity index is 235. The maximum absolute atomic E-state index is 9.42. The summed E-state index contributed by atoms with van der Waals surface area (Å²) in [6.45, 7) is 1.09. The fourth-order valence-electron chi connectivity index (χ4n) is 2.15. The van der Waals surface area contributed by atoms with Crippen LogP contribution in [-0.4, -0.2) is 30.5 Å². The number of azide groups is 1. The van der Waals surface area contributed by atoms with E-state index in [9.17, 15) is 5.11 Å². The summed E-state index contributed by atoms with van der Waals surface area (Å²) in [5, 5.41) is 13.0. The molecule has 66 valence electrons. The lowest BCUT2D eigenvalue weighted by Crippen LogP contribution is -2.30. The number of fused-ring (bicyclic) bond motifs is 2. The van der Waals surface area contributed by atoms with Crippen LogP contribution in [-0.2, 0) is 4.74 Å². The summed E-state index contributed by atoms with van der Waals surface area (Å²) in [4.78, 5) is 2.72. The van der Waals surface area contributed by atoms with Crippen molar-refractivity contribution in [1.82, 2.24) is 0 Å². The molecule has 1 aliphatic carbocycles. The molecule has 0 aromatic rings. The standard InChI is InChI=1S/C7H11N3O2/c8-10-9-3-7-1-5(11)6(2-7)12-4-7/h5-6,11H,1-4H2/t5-,6-,7-/m1/s1. The minimum absolute atomic E-state index is 0.0149. The van der Waals surface area contributed by atoms with E-state index in [0.717, 1.165) is 12.8 Å². The molecule has 0 amide bonds. The summed E-state index contributed by atoms with van der Waals surface area (Å²) < 4.78 is 5.33. The molecule has 1 saturated heterocycles. The molecule has 5 nitrogen and oxygen atoms in total. The van der Waals surface area contributed by atoms with Crippen molar-refractivity contribution >= 4 is 0 Å². The van der Waals surface area contributed by atoms with Gasteiger partial charge in [-0.1, -0.05) is 5.11 Å². The van der Waals surface area contributed by atoms with Crippen LogP contribution in [0.5, 0.6) is 0 Å². The third-order valence-corrected chi connectivity index (χ3v) is 2.78. The van der Waals surface area contributed by atoms with E-state index in [1.807, 2.05) is 0 Å². The number of ether oxygens (including phenoxy) is 1. The lowest BCUT2D eigenvalue weighted by molar-refractivity contribution is -0.0394. The maximum Gasteiger partial charge on any atom is 0.0840 e. The Morgan fingerprint density at radius 2 is 2.50 bits per heavy atom. The van der Waals surface area contributed by atoms with E-state index in [2.05, 4.69) is 10.0 Å². The molecule has 5 heteroatoms. The minimum atomic E-state index is -0.354. The van der Waals surface area contributed by atoms with Crippen molar-refractivity contribution in [2.75, 3.05) is 13.2 Å². The van der Waals surface area contributed by atoms with Crippen LogP contribution in [0.2, 0.25) is 0 Å². The first kappa shape index (κ1) is 7.86. The van der Waals surface area contributed by atoms with Gasteiger partial charge in [0.2, 0.25) is 0 Å². The van der Waals surface area contributed by atoms with Gasteiger partial charge in [0.25, 0.3) is 0 Å². The second-order valence-electron chi connectivity index (χ2n) is 3.71. The Hall–Kier alpha value is -0.770. The zero-order valence-electron chi connectivity index (χ0n) is 6.68. The van der Waals surface area contributed by atoms with E-state index in [0.29, 0.717) is 13.2 Å². The summed E-state index contributed by atoms with van der Waals surface area (Å²) in [7, 11) is 0. The van der Waals surface area contributed by atoms with E-state index < -0.39 is 0 Å². The number of aliphatic hydroxyl groups excluding tert-OH is 1. The highest BCUT2D eigenvalue weighted by Crippen LogP contribution is 2.46. The monoisotopic (exact) mass is 169 g/mol. The van der Waals surface area contributed by atoms with Gasteiger partial charge in [0, 0.05) is 16.9 Å². The van der Waals surface area contributed by atoms with Gasteiger partial charge in [0.15, 0.2) is 0 Å². The third kappa shape index (κ3) is 1.06. The number of nitrogens with zero attached hydrogens (tertiary/aromatic N) is 3. The van der Waals surface area contributed by atoms with E-state index >= 15 is 0 Å². The van der Waals surface area contributed by atoms with Crippen molar-refractivity contribution in [1.29, 1.82) is 0 Å². The number of rotatable bonds is 2. The van der Waals surface area contributed by atoms with Gasteiger partial charge in [-0.15, -0.1) is 0 Å². The predicted octanol–water partition coefficient (Wildman–Crippen LogP) is 0.837. The maximum atomic E-state index is 9.42. The van der Waals surface area contributed by atoms with Crippen molar-refractivity contribution in [2.45, 2.75) is 25.0 Å². The number of aliphatic hydroxyl groups is 1. The van der Waals surface area contributed by atoms with E-state index in [1.54, 1.807) is 0 Å². The summed E-state index contributed by atoms with van der Waals surface area (Å²) >= 11 is 0. The predicted molar refractivity (Wildman–Crippen MR) is 41.4 cm³/mol. The first-order valence-electron chi connectivity index (χ1n) is 4.06. The molecule has 2 fully saturated rings. The molecular formula is C7H11N3O2. The highest BCUT2D eigenvalue weighted by molar-refractivity contribution is 5.01. The number of hydrogen-bond donors (Lipinski definition) is 1. The van der Waals surface area contributed by atoms with Crippen LogP contribution in [0, 0.1) is 5.41 Å². The third-order valence-electron chi connectivity index (χ3n) is 2.78. The Kier molecular flexibility index (Phi) is 1.72. The Balaban J connectivity index is 2.07. The van der Waals surface area contributed by atoms with Crippen molar-refractivity contribution in [3.05, 3.63) is 10.4 Å². The van der Waals surface area contributed by atoms with Crippen LogP contribution >= 0.6 is 0 Å². The van der Waals surface area contributed by atoms with Gasteiger partial charge in [0.05, 0.1) is 18.8 Å². The van der Waals surface area contributed by atoms with Gasteiger partial charge in [-0.05, 0) is 18.4 Å². The fraction of sp³-hybridized carbons (Fsp3) is 1.00. The van der Waals surface area contributed by atoms with Crippen molar-refractivity contribution in [3.63, 3.8) is 0 Å². The molecule has 0 aromatic carbocycles. The summed E-state index contributed by atoms with van der Waals surface area (Å²) in [6.07, 6.45) is 1.19. The van der Waals surface area contributed by atoms with E-state index in [-0.39, 0.29) is 17.6 Å². The second-order valence-corrected chi connectivity index (χ2v) is 3.71. The molecule has 3 atom stereocenters. The van der Waals surface area contributed by atoms with Gasteiger partial charge in [-0.3, -0.25) is 0 Å². The van der Waals surface area contributed by atoms with Gasteiger partial charge in [0.1, 0.15) is 0 Å². The topological polar surface area (TPSA) is 78.2 Å². The summed E-state index contributed by atoms with van der Waals surface area (Å²) in [5.74, 6) is 0. The highest BCUT2D eigenvalue weighted by atomic mass is 16.5. The van der Waals surface area contributed by atoms with Gasteiger partial charge in [-0.2, -0.15) is 0 Å². The molecule has 0 radical (unpaired) electrons. The molecule has 1 saturated carbocycles. The van der Waals surface area contributed by atoms with Crippen molar-refractivity contribution in [2.24, 2.45) is 10.5 Å². The van der Waals surface area contributed by atoms with Crippen molar-refractivity contribution < 1.29 is 9.84 Å². The summed E-state index contributed by atoms with van der Waals surface area (Å²) in [5.41, 5.74) is 8.11. The number of hydrogen-bond acceptors (Lipinski definition) is 3. The molecular weight excluding hydrogens is 158 g/mol. The van der Waals surface area contributed by atoms with Crippen LogP contribution in [0.15, 0.2) is 5.11 Å². The largest absolute Gasteiger partial charge is 0.390 e. The molecule has 2 bridgehead atoms. The Morgan fingerprint density at radius 3 is 3.00 bits per heavy atom. The molecule has 2 rings (SSSR count). The quantitative estimate of drug-likeness (QED) is 0.377. The Labute approximate surface area is 70.0 Å². The van der Waals surface area contributed by atoms with Crippen LogP contribution in [0.25, 0.3) is 10.4 Å². The molecule has 0 spiro atoms. The van der Waals surface area contributed by atoms with Gasteiger partial charge < -0.3 is 9.84 Å². The van der Waals surface area contributed by atoms with Gasteiger partial charge >= 0.3 is 0 Å². The minimum Gasteiger partial charge on any atom is -0.390 e. The Morgan fingerprint density at radius 1 is 1.67 bits per heavy atom. The molecule has 1 N–H and O–H groups in total. The molecule has 12 heavy (non-hydrogen) atoms. The van der Waals surface area contributed by atoms with Crippen LogP contribution in [0.1, 0.15) is 12.8 Å². The normalized spacial score (nSPS) is 44.4. The summed E-state index contributed by atoms with van der Waals surface area (Å²) in [6, 6.07) is 0. The van der Waals surface area contributed by atoms with Crippen LogP contribution < -0.4 is 0 Å². The molecule has 2 aliphatic rings. The van der Waals surface area contributed by atoms with Gasteiger partial charge in [-0.25, -0.2) is 0 Å². The lowest BCUT2D eigenvalue weighted by atomic mass is 9.88. The first-order valence-corrected chi connectivity index (χ1v) is 4.06. The molecule has 1 heterocycles. The van der Waals surface area contributed by atoms with Crippen LogP contribution in [0.4, 0.5) is 0 Å². The molecule has 1 aliphatic heterocycles. The average Bonchev–Trinajstić information content (AvgIpc) is 2.58. The molecule has 0 aromatic heterocycles. The van der Waals surface area contributed by atoms with Crippen LogP contribution in [0.3, 0.4) is 0 Å². The zero-order valence-corrected chi connectivity index (χ0v) is 6.68. The second kappa shape index (κ2) is 2.62. The molecule has 0 unspecified atom stereocenters. The van der Waals surface area contributed by atoms with Crippen molar-refractivity contribution in [3.8, 4) is 0 Å². The fourth-order valence-corrected chi connectivity index (χ4v) is 2.15. The highest BCUT2D eigenvalue weighted by Gasteiger charge is 2.50. The lowest BCUT2D eigenvalue weighted by Gasteiger charge is -2.25. The van der Waals surface area contributed by atoms with E-state index in [1.165, 1.54) is 0 Å². The first-order chi connectivity index (χ1) is 5.76.